The van der Waals surface area contributed by atoms with Crippen LogP contribution in [0.4, 0.5) is 11.5 Å². The number of nitrogens with one attached hydrogen (secondary N) is 1. The fourth-order valence-electron chi connectivity index (χ4n) is 3.37. The van der Waals surface area contributed by atoms with Gasteiger partial charge in [0, 0.05) is 12.7 Å². The number of ether oxygens (including phenoxy) is 1. The average Bonchev–Trinajstić information content (AvgIpc) is 2.74. The van der Waals surface area contributed by atoms with Gasteiger partial charge in [-0.15, -0.1) is 0 Å². The summed E-state index contributed by atoms with van der Waals surface area (Å²) in [5.41, 5.74) is 7.79. The van der Waals surface area contributed by atoms with Crippen LogP contribution in [0.15, 0.2) is 58.1 Å². The maximum absolute atomic E-state index is 13.6. The number of nitrogens with zero attached hydrogens (tertiary/aromatic N) is 2. The monoisotopic (exact) mass is 422 g/mol. The molecule has 0 bridgehead atoms. The third-order valence-corrected chi connectivity index (χ3v) is 5.06. The number of rotatable bonds is 7. The van der Waals surface area contributed by atoms with E-state index in [0.717, 1.165) is 16.7 Å². The normalized spacial score (nSPS) is 10.8. The Labute approximate surface area is 179 Å². The number of benzene rings is 2. The van der Waals surface area contributed by atoms with E-state index in [1.54, 1.807) is 6.07 Å². The number of aryl methyl sites for hydroxylation is 2. The van der Waals surface area contributed by atoms with Gasteiger partial charge in [0.15, 0.2) is 5.69 Å². The number of methoxy groups -OCH3 is 1. The van der Waals surface area contributed by atoms with Crippen LogP contribution in [-0.4, -0.2) is 29.2 Å². The van der Waals surface area contributed by atoms with Crippen LogP contribution < -0.4 is 21.9 Å². The molecule has 0 radical (unpaired) electrons. The summed E-state index contributed by atoms with van der Waals surface area (Å²) in [6.45, 7) is 4.20. The Morgan fingerprint density at radius 3 is 2.52 bits per heavy atom. The molecule has 8 heteroatoms. The number of amides is 1. The second-order valence-electron chi connectivity index (χ2n) is 7.33. The summed E-state index contributed by atoms with van der Waals surface area (Å²) in [5, 5.41) is 0. The van der Waals surface area contributed by atoms with Gasteiger partial charge < -0.3 is 10.5 Å². The van der Waals surface area contributed by atoms with Gasteiger partial charge in [-0.1, -0.05) is 48.0 Å². The van der Waals surface area contributed by atoms with Crippen molar-refractivity contribution in [2.24, 2.45) is 0 Å². The molecule has 0 aliphatic rings. The molecule has 0 atom stereocenters. The number of anilines is 2. The first-order valence-corrected chi connectivity index (χ1v) is 9.88. The molecule has 3 rings (SSSR count). The highest BCUT2D eigenvalue weighted by atomic mass is 16.5. The van der Waals surface area contributed by atoms with E-state index in [1.807, 2.05) is 56.3 Å². The van der Waals surface area contributed by atoms with E-state index in [2.05, 4.69) is 4.98 Å². The molecule has 1 heterocycles. The van der Waals surface area contributed by atoms with E-state index in [9.17, 15) is 14.4 Å². The molecule has 0 saturated heterocycles. The van der Waals surface area contributed by atoms with Gasteiger partial charge in [-0.05, 0) is 31.0 Å². The number of carbonyl (C=O) groups is 1. The fraction of sp³-hybridized carbons (Fsp3) is 0.261. The summed E-state index contributed by atoms with van der Waals surface area (Å²) < 4.78 is 6.24. The van der Waals surface area contributed by atoms with Gasteiger partial charge in [0.25, 0.3) is 11.5 Å². The number of hydrogen-bond acceptors (Lipinski definition) is 5. The predicted molar refractivity (Wildman–Crippen MR) is 120 cm³/mol. The van der Waals surface area contributed by atoms with E-state index in [4.69, 9.17) is 10.5 Å². The Balaban J connectivity index is 2.19. The average molecular weight is 422 g/mol. The van der Waals surface area contributed by atoms with E-state index in [-0.39, 0.29) is 37.1 Å². The number of aromatic amines is 1. The highest BCUT2D eigenvalue weighted by molar-refractivity contribution is 6.08. The first-order chi connectivity index (χ1) is 14.8. The Morgan fingerprint density at radius 1 is 1.13 bits per heavy atom. The first kappa shape index (κ1) is 22.0. The van der Waals surface area contributed by atoms with E-state index >= 15 is 0 Å². The molecule has 3 aromatic rings. The fourth-order valence-corrected chi connectivity index (χ4v) is 3.37. The van der Waals surface area contributed by atoms with E-state index in [0.29, 0.717) is 5.56 Å². The SMILES string of the molecule is COCCn1c(N)c(N(Cc2ccccc2)C(=O)c2cc(C)ccc2C)c(=O)[nH]c1=O. The third-order valence-electron chi connectivity index (χ3n) is 5.06. The minimum atomic E-state index is -0.717. The smallest absolute Gasteiger partial charge is 0.330 e. The Morgan fingerprint density at radius 2 is 1.84 bits per heavy atom. The number of nitrogen functional groups attached to an aromatic ring is 1. The third kappa shape index (κ3) is 4.75. The van der Waals surface area contributed by atoms with Gasteiger partial charge in [0.05, 0.1) is 19.7 Å². The van der Waals surface area contributed by atoms with Crippen molar-refractivity contribution in [2.45, 2.75) is 26.9 Å². The van der Waals surface area contributed by atoms with Crippen LogP contribution >= 0.6 is 0 Å². The van der Waals surface area contributed by atoms with Crippen molar-refractivity contribution in [3.05, 3.63) is 91.6 Å². The zero-order valence-electron chi connectivity index (χ0n) is 17.8. The van der Waals surface area contributed by atoms with Crippen molar-refractivity contribution in [3.8, 4) is 0 Å². The molecule has 0 aliphatic heterocycles. The minimum Gasteiger partial charge on any atom is -0.383 e. The number of H-pyrrole nitrogens is 1. The lowest BCUT2D eigenvalue weighted by Gasteiger charge is -2.25. The highest BCUT2D eigenvalue weighted by Crippen LogP contribution is 2.23. The number of carbonyl (C=O) groups excluding carboxylic acids is 1. The van der Waals surface area contributed by atoms with Crippen LogP contribution in [0.1, 0.15) is 27.0 Å². The van der Waals surface area contributed by atoms with Crippen LogP contribution in [0.5, 0.6) is 0 Å². The predicted octanol–water partition coefficient (Wildman–Crippen LogP) is 2.23. The molecular weight excluding hydrogens is 396 g/mol. The Bertz CT molecular complexity index is 1200. The van der Waals surface area contributed by atoms with Gasteiger partial charge in [-0.3, -0.25) is 24.0 Å². The van der Waals surface area contributed by atoms with Gasteiger partial charge in [-0.25, -0.2) is 4.79 Å². The van der Waals surface area contributed by atoms with Crippen LogP contribution in [0.25, 0.3) is 0 Å². The van der Waals surface area contributed by atoms with Crippen molar-refractivity contribution in [3.63, 3.8) is 0 Å². The number of aromatic nitrogens is 2. The largest absolute Gasteiger partial charge is 0.383 e. The molecule has 3 N–H and O–H groups in total. The molecule has 1 amide bonds. The molecule has 8 nitrogen and oxygen atoms in total. The van der Waals surface area contributed by atoms with Crippen molar-refractivity contribution in [1.82, 2.24) is 9.55 Å². The van der Waals surface area contributed by atoms with Crippen molar-refractivity contribution < 1.29 is 9.53 Å². The lowest BCUT2D eigenvalue weighted by atomic mass is 10.0. The molecule has 162 valence electrons. The number of nitrogens with two attached hydrogens (primary N) is 1. The minimum absolute atomic E-state index is 0.0644. The van der Waals surface area contributed by atoms with Crippen LogP contribution in [0.2, 0.25) is 0 Å². The maximum Gasteiger partial charge on any atom is 0.330 e. The quantitative estimate of drug-likeness (QED) is 0.607. The van der Waals surface area contributed by atoms with E-state index in [1.165, 1.54) is 16.6 Å². The molecular formula is C23H26N4O4. The molecule has 0 aliphatic carbocycles. The second-order valence-corrected chi connectivity index (χ2v) is 7.33. The van der Waals surface area contributed by atoms with Gasteiger partial charge in [0.1, 0.15) is 5.82 Å². The first-order valence-electron chi connectivity index (χ1n) is 9.88. The molecule has 1 aromatic heterocycles. The summed E-state index contributed by atoms with van der Waals surface area (Å²) in [6.07, 6.45) is 0. The molecule has 0 unspecified atom stereocenters. The standard InChI is InChI=1S/C23H26N4O4/c1-15-9-10-16(2)18(13-15)22(29)27(14-17-7-5-4-6-8-17)19-20(24)26(11-12-31-3)23(30)25-21(19)28/h4-10,13H,11-12,14,24H2,1-3H3,(H,25,28,30). The topological polar surface area (TPSA) is 110 Å². The van der Waals surface area contributed by atoms with Crippen LogP contribution in [-0.2, 0) is 17.8 Å². The molecule has 31 heavy (non-hydrogen) atoms. The van der Waals surface area contributed by atoms with Gasteiger partial charge in [0.2, 0.25) is 0 Å². The van der Waals surface area contributed by atoms with Gasteiger partial charge in [-0.2, -0.15) is 0 Å². The maximum atomic E-state index is 13.6. The Kier molecular flexibility index (Phi) is 6.71. The molecule has 0 saturated carbocycles. The summed E-state index contributed by atoms with van der Waals surface area (Å²) in [4.78, 5) is 42.4. The van der Waals surface area contributed by atoms with Crippen LogP contribution in [0.3, 0.4) is 0 Å². The van der Waals surface area contributed by atoms with Crippen LogP contribution in [0, 0.1) is 13.8 Å². The highest BCUT2D eigenvalue weighted by Gasteiger charge is 2.26. The molecule has 2 aromatic carbocycles. The van der Waals surface area contributed by atoms with E-state index < -0.39 is 11.2 Å². The Hall–Kier alpha value is -3.65. The summed E-state index contributed by atoms with van der Waals surface area (Å²) in [5.74, 6) is -0.459. The van der Waals surface area contributed by atoms with Crippen molar-refractivity contribution in [1.29, 1.82) is 0 Å². The molecule has 0 fully saturated rings. The van der Waals surface area contributed by atoms with Gasteiger partial charge >= 0.3 is 5.69 Å². The zero-order chi connectivity index (χ0) is 22.5. The zero-order valence-corrected chi connectivity index (χ0v) is 17.8. The second kappa shape index (κ2) is 9.44. The van der Waals surface area contributed by atoms with Crippen molar-refractivity contribution >= 4 is 17.4 Å². The summed E-state index contributed by atoms with van der Waals surface area (Å²) in [6, 6.07) is 14.8. The summed E-state index contributed by atoms with van der Waals surface area (Å²) >= 11 is 0. The number of hydrogen-bond donors (Lipinski definition) is 2. The van der Waals surface area contributed by atoms with Crippen molar-refractivity contribution in [2.75, 3.05) is 24.4 Å². The molecule has 0 spiro atoms. The lowest BCUT2D eigenvalue weighted by molar-refractivity contribution is 0.0984. The summed E-state index contributed by atoms with van der Waals surface area (Å²) in [7, 11) is 1.50. The lowest BCUT2D eigenvalue weighted by Crippen LogP contribution is -2.41.